The lowest BCUT2D eigenvalue weighted by Gasteiger charge is -2.22. The van der Waals surface area contributed by atoms with E-state index < -0.39 is 5.60 Å². The van der Waals surface area contributed by atoms with Crippen LogP contribution >= 0.6 is 0 Å². The summed E-state index contributed by atoms with van der Waals surface area (Å²) in [6.45, 7) is 5.50. The van der Waals surface area contributed by atoms with Crippen LogP contribution in [0.5, 0.6) is 0 Å². The standard InChI is InChI=1S/C25H27N3O3/c1-15-5-10-20(27-24(30)25(2,3)31-4)13-21(15)18-9-8-17-12-22(26-14-19(17)11-18)28-23(29)16-6-7-16/h5,8-14,16H,6-7H2,1-4H3,(H,27,30)(H,26,28,29). The van der Waals surface area contributed by atoms with Crippen LogP contribution in [0.3, 0.4) is 0 Å². The molecule has 0 bridgehead atoms. The number of aromatic nitrogens is 1. The maximum absolute atomic E-state index is 12.5. The van der Waals surface area contributed by atoms with E-state index in [0.717, 1.165) is 40.3 Å². The van der Waals surface area contributed by atoms with Crippen molar-refractivity contribution in [3.05, 3.63) is 54.2 Å². The number of fused-ring (bicyclic) bond motifs is 1. The molecule has 1 saturated carbocycles. The Kier molecular flexibility index (Phi) is 5.50. The second-order valence-electron chi connectivity index (χ2n) is 8.59. The van der Waals surface area contributed by atoms with Crippen molar-refractivity contribution in [3.63, 3.8) is 0 Å². The van der Waals surface area contributed by atoms with E-state index >= 15 is 0 Å². The van der Waals surface area contributed by atoms with Crippen molar-refractivity contribution in [3.8, 4) is 11.1 Å². The van der Waals surface area contributed by atoms with E-state index in [1.54, 1.807) is 20.0 Å². The summed E-state index contributed by atoms with van der Waals surface area (Å²) < 4.78 is 5.26. The summed E-state index contributed by atoms with van der Waals surface area (Å²) in [6, 6.07) is 13.9. The van der Waals surface area contributed by atoms with Gasteiger partial charge < -0.3 is 15.4 Å². The molecular formula is C25H27N3O3. The van der Waals surface area contributed by atoms with Gasteiger partial charge in [-0.05, 0) is 80.0 Å². The molecule has 31 heavy (non-hydrogen) atoms. The van der Waals surface area contributed by atoms with Crippen molar-refractivity contribution in [2.24, 2.45) is 5.92 Å². The molecule has 0 radical (unpaired) electrons. The van der Waals surface area contributed by atoms with Crippen LogP contribution in [0.4, 0.5) is 11.5 Å². The molecule has 0 saturated heterocycles. The van der Waals surface area contributed by atoms with E-state index in [0.29, 0.717) is 11.5 Å². The molecule has 160 valence electrons. The number of amides is 2. The Morgan fingerprint density at radius 3 is 2.52 bits per heavy atom. The second kappa shape index (κ2) is 8.12. The second-order valence-corrected chi connectivity index (χ2v) is 8.59. The van der Waals surface area contributed by atoms with Crippen molar-refractivity contribution in [2.75, 3.05) is 17.7 Å². The topological polar surface area (TPSA) is 80.3 Å². The average molecular weight is 418 g/mol. The fraction of sp³-hybridized carbons (Fsp3) is 0.320. The number of rotatable bonds is 6. The number of benzene rings is 2. The molecule has 0 aliphatic heterocycles. The Bertz CT molecular complexity index is 1170. The molecule has 1 aliphatic rings. The van der Waals surface area contributed by atoms with Gasteiger partial charge >= 0.3 is 0 Å². The Labute approximate surface area is 182 Å². The van der Waals surface area contributed by atoms with E-state index in [4.69, 9.17) is 4.74 Å². The van der Waals surface area contributed by atoms with Crippen LogP contribution in [0.2, 0.25) is 0 Å². The number of methoxy groups -OCH3 is 1. The molecule has 6 heteroatoms. The summed E-state index contributed by atoms with van der Waals surface area (Å²) in [5.74, 6) is 0.576. The molecule has 2 aromatic carbocycles. The van der Waals surface area contributed by atoms with E-state index in [1.165, 1.54) is 7.11 Å². The van der Waals surface area contributed by atoms with Crippen LogP contribution in [0.15, 0.2) is 48.7 Å². The zero-order valence-electron chi connectivity index (χ0n) is 18.3. The third kappa shape index (κ3) is 4.59. The summed E-state index contributed by atoms with van der Waals surface area (Å²) in [7, 11) is 1.52. The number of pyridine rings is 1. The van der Waals surface area contributed by atoms with Gasteiger partial charge in [0, 0.05) is 30.3 Å². The minimum Gasteiger partial charge on any atom is -0.369 e. The van der Waals surface area contributed by atoms with Gasteiger partial charge in [-0.3, -0.25) is 9.59 Å². The normalized spacial score (nSPS) is 13.8. The lowest BCUT2D eigenvalue weighted by atomic mass is 9.97. The Balaban J connectivity index is 1.60. The number of nitrogens with zero attached hydrogens (tertiary/aromatic N) is 1. The Morgan fingerprint density at radius 1 is 1.03 bits per heavy atom. The van der Waals surface area contributed by atoms with Crippen LogP contribution in [0.25, 0.3) is 21.9 Å². The Hall–Kier alpha value is -3.25. The number of carbonyl (C=O) groups excluding carboxylic acids is 2. The number of aryl methyl sites for hydroxylation is 1. The van der Waals surface area contributed by atoms with Crippen molar-refractivity contribution in [1.82, 2.24) is 4.98 Å². The number of nitrogens with one attached hydrogen (secondary N) is 2. The first-order valence-electron chi connectivity index (χ1n) is 10.4. The van der Waals surface area contributed by atoms with Crippen molar-refractivity contribution in [2.45, 2.75) is 39.2 Å². The summed E-state index contributed by atoms with van der Waals surface area (Å²) >= 11 is 0. The zero-order valence-corrected chi connectivity index (χ0v) is 18.3. The monoisotopic (exact) mass is 417 g/mol. The van der Waals surface area contributed by atoms with Crippen LogP contribution in [0.1, 0.15) is 32.3 Å². The summed E-state index contributed by atoms with van der Waals surface area (Å²) in [5.41, 5.74) is 2.97. The number of carbonyl (C=O) groups is 2. The van der Waals surface area contributed by atoms with Gasteiger partial charge in [0.2, 0.25) is 5.91 Å². The smallest absolute Gasteiger partial charge is 0.256 e. The Morgan fingerprint density at radius 2 is 1.81 bits per heavy atom. The molecule has 1 aromatic heterocycles. The lowest BCUT2D eigenvalue weighted by molar-refractivity contribution is -0.133. The van der Waals surface area contributed by atoms with Crippen molar-refractivity contribution >= 4 is 34.1 Å². The third-order valence-corrected chi connectivity index (χ3v) is 5.78. The lowest BCUT2D eigenvalue weighted by Crippen LogP contribution is -2.38. The van der Waals surface area contributed by atoms with E-state index in [9.17, 15) is 9.59 Å². The molecule has 2 N–H and O–H groups in total. The predicted octanol–water partition coefficient (Wildman–Crippen LogP) is 4.92. The highest BCUT2D eigenvalue weighted by molar-refractivity contribution is 5.98. The molecule has 1 fully saturated rings. The molecule has 1 aliphatic carbocycles. The molecule has 6 nitrogen and oxygen atoms in total. The van der Waals surface area contributed by atoms with Crippen LogP contribution in [-0.2, 0) is 14.3 Å². The average Bonchev–Trinajstić information content (AvgIpc) is 3.60. The SMILES string of the molecule is COC(C)(C)C(=O)Nc1ccc(C)c(-c2ccc3cc(NC(=O)C4CC4)ncc3c2)c1. The maximum atomic E-state index is 12.5. The van der Waals surface area contributed by atoms with E-state index in [2.05, 4.69) is 21.7 Å². The van der Waals surface area contributed by atoms with Gasteiger partial charge in [-0.1, -0.05) is 18.2 Å². The fourth-order valence-corrected chi connectivity index (χ4v) is 3.34. The number of hydrogen-bond donors (Lipinski definition) is 2. The summed E-state index contributed by atoms with van der Waals surface area (Å²) in [6.07, 6.45) is 3.71. The fourth-order valence-electron chi connectivity index (χ4n) is 3.34. The van der Waals surface area contributed by atoms with Gasteiger partial charge in [-0.2, -0.15) is 0 Å². The van der Waals surface area contributed by atoms with Gasteiger partial charge in [-0.15, -0.1) is 0 Å². The number of hydrogen-bond acceptors (Lipinski definition) is 4. The largest absolute Gasteiger partial charge is 0.369 e. The molecule has 1 heterocycles. The summed E-state index contributed by atoms with van der Waals surface area (Å²) in [4.78, 5) is 28.8. The number of anilines is 2. The van der Waals surface area contributed by atoms with Crippen LogP contribution in [0, 0.1) is 12.8 Å². The molecular weight excluding hydrogens is 390 g/mol. The van der Waals surface area contributed by atoms with Crippen LogP contribution < -0.4 is 10.6 Å². The molecule has 4 rings (SSSR count). The highest BCUT2D eigenvalue weighted by Crippen LogP contribution is 2.32. The molecule has 2 amide bonds. The minimum atomic E-state index is -0.910. The van der Waals surface area contributed by atoms with Crippen LogP contribution in [-0.4, -0.2) is 29.5 Å². The van der Waals surface area contributed by atoms with Gasteiger partial charge in [-0.25, -0.2) is 4.98 Å². The molecule has 0 atom stereocenters. The van der Waals surface area contributed by atoms with Crippen molar-refractivity contribution < 1.29 is 14.3 Å². The first kappa shape index (κ1) is 21.0. The first-order chi connectivity index (χ1) is 14.8. The van der Waals surface area contributed by atoms with Gasteiger partial charge in [0.05, 0.1) is 0 Å². The molecule has 0 unspecified atom stereocenters. The van der Waals surface area contributed by atoms with E-state index in [1.807, 2.05) is 43.3 Å². The zero-order chi connectivity index (χ0) is 22.2. The quantitative estimate of drug-likeness (QED) is 0.596. The highest BCUT2D eigenvalue weighted by Gasteiger charge is 2.30. The first-order valence-corrected chi connectivity index (χ1v) is 10.4. The van der Waals surface area contributed by atoms with Gasteiger partial charge in [0.15, 0.2) is 0 Å². The predicted molar refractivity (Wildman–Crippen MR) is 123 cm³/mol. The third-order valence-electron chi connectivity index (χ3n) is 5.78. The van der Waals surface area contributed by atoms with E-state index in [-0.39, 0.29) is 17.7 Å². The summed E-state index contributed by atoms with van der Waals surface area (Å²) in [5, 5.41) is 7.82. The number of ether oxygens (including phenoxy) is 1. The van der Waals surface area contributed by atoms with Crippen molar-refractivity contribution in [1.29, 1.82) is 0 Å². The maximum Gasteiger partial charge on any atom is 0.256 e. The highest BCUT2D eigenvalue weighted by atomic mass is 16.5. The molecule has 3 aromatic rings. The van der Waals surface area contributed by atoms with Gasteiger partial charge in [0.1, 0.15) is 11.4 Å². The van der Waals surface area contributed by atoms with Gasteiger partial charge in [0.25, 0.3) is 5.91 Å². The molecule has 0 spiro atoms. The minimum absolute atomic E-state index is 0.0506.